The van der Waals surface area contributed by atoms with E-state index in [1.807, 2.05) is 69.8 Å². The van der Waals surface area contributed by atoms with Gasteiger partial charge >= 0.3 is 0 Å². The zero-order valence-corrected chi connectivity index (χ0v) is 20.3. The molecule has 0 spiro atoms. The van der Waals surface area contributed by atoms with Crippen molar-refractivity contribution >= 4 is 57.4 Å². The molecular weight excluding hydrogens is 499 g/mol. The molecule has 180 valence electrons. The highest BCUT2D eigenvalue weighted by atomic mass is 35.5. The van der Waals surface area contributed by atoms with Gasteiger partial charge in [-0.15, -0.1) is 0 Å². The van der Waals surface area contributed by atoms with E-state index in [2.05, 4.69) is 29.9 Å². The second-order valence-electron chi connectivity index (χ2n) is 7.81. The van der Waals surface area contributed by atoms with E-state index < -0.39 is 0 Å². The van der Waals surface area contributed by atoms with Crippen molar-refractivity contribution in [2.45, 2.75) is 13.1 Å². The Kier molecular flexibility index (Phi) is 6.61. The Balaban J connectivity index is 0.000000148. The largest absolute Gasteiger partial charge is 0.368 e. The van der Waals surface area contributed by atoms with Gasteiger partial charge in [0.2, 0.25) is 11.9 Å². The van der Waals surface area contributed by atoms with Gasteiger partial charge in [-0.3, -0.25) is 0 Å². The predicted molar refractivity (Wildman–Crippen MR) is 141 cm³/mol. The Morgan fingerprint density at radius 2 is 1.19 bits per heavy atom. The van der Waals surface area contributed by atoms with Gasteiger partial charge in [0.15, 0.2) is 21.6 Å². The lowest BCUT2D eigenvalue weighted by atomic mass is 10.2. The van der Waals surface area contributed by atoms with E-state index in [0.717, 1.165) is 11.1 Å². The maximum atomic E-state index is 6.08. The minimum atomic E-state index is 0.137. The van der Waals surface area contributed by atoms with Crippen molar-refractivity contribution in [2.24, 2.45) is 0 Å². The SMILES string of the molecule is Nc1nc(Cl)c2c(ncn2Cc2ccccc2)n1.Nc1nc(Cl)c2ncn(Cc3ccccc3)c2n1. The fourth-order valence-electron chi connectivity index (χ4n) is 3.67. The highest BCUT2D eigenvalue weighted by molar-refractivity contribution is 6.34. The third kappa shape index (κ3) is 5.04. The van der Waals surface area contributed by atoms with Gasteiger partial charge in [-0.05, 0) is 11.1 Å². The molecule has 0 radical (unpaired) electrons. The Labute approximate surface area is 215 Å². The summed E-state index contributed by atoms with van der Waals surface area (Å²) in [7, 11) is 0. The third-order valence-corrected chi connectivity index (χ3v) is 5.80. The number of anilines is 2. The predicted octanol–water partition coefficient (Wildman–Crippen LogP) is 4.22. The summed E-state index contributed by atoms with van der Waals surface area (Å²) in [6.07, 6.45) is 3.38. The molecule has 36 heavy (non-hydrogen) atoms. The normalized spacial score (nSPS) is 10.9. The number of hydrogen-bond acceptors (Lipinski definition) is 8. The third-order valence-electron chi connectivity index (χ3n) is 5.28. The highest BCUT2D eigenvalue weighted by Crippen LogP contribution is 2.22. The van der Waals surface area contributed by atoms with Crippen LogP contribution in [0.2, 0.25) is 10.3 Å². The van der Waals surface area contributed by atoms with Crippen LogP contribution < -0.4 is 11.5 Å². The molecule has 0 amide bonds. The number of rotatable bonds is 4. The van der Waals surface area contributed by atoms with Gasteiger partial charge in [-0.1, -0.05) is 83.9 Å². The molecule has 0 aliphatic carbocycles. The smallest absolute Gasteiger partial charge is 0.223 e. The van der Waals surface area contributed by atoms with Crippen LogP contribution >= 0.6 is 23.2 Å². The Morgan fingerprint density at radius 1 is 0.639 bits per heavy atom. The number of hydrogen-bond donors (Lipinski definition) is 2. The van der Waals surface area contributed by atoms with Crippen LogP contribution in [-0.4, -0.2) is 39.0 Å². The van der Waals surface area contributed by atoms with Crippen LogP contribution in [-0.2, 0) is 13.1 Å². The number of benzene rings is 2. The molecule has 0 saturated carbocycles. The van der Waals surface area contributed by atoms with Crippen molar-refractivity contribution in [3.8, 4) is 0 Å². The van der Waals surface area contributed by atoms with E-state index in [0.29, 0.717) is 40.6 Å². The maximum absolute atomic E-state index is 6.08. The average Bonchev–Trinajstić information content (AvgIpc) is 3.45. The highest BCUT2D eigenvalue weighted by Gasteiger charge is 2.12. The summed E-state index contributed by atoms with van der Waals surface area (Å²) in [4.78, 5) is 24.4. The number of fused-ring (bicyclic) bond motifs is 2. The molecule has 0 aliphatic rings. The number of halogens is 2. The van der Waals surface area contributed by atoms with Gasteiger partial charge in [0.05, 0.1) is 19.2 Å². The molecule has 4 aromatic heterocycles. The molecule has 0 unspecified atom stereocenters. The fourth-order valence-corrected chi connectivity index (χ4v) is 4.17. The number of nitrogens with zero attached hydrogens (tertiary/aromatic N) is 8. The minimum absolute atomic E-state index is 0.137. The summed E-state index contributed by atoms with van der Waals surface area (Å²) in [5, 5.41) is 0.607. The first-order chi connectivity index (χ1) is 17.5. The van der Waals surface area contributed by atoms with Crippen molar-refractivity contribution in [3.63, 3.8) is 0 Å². The molecule has 0 aliphatic heterocycles. The second kappa shape index (κ2) is 10.1. The van der Waals surface area contributed by atoms with Gasteiger partial charge in [-0.2, -0.15) is 19.9 Å². The van der Waals surface area contributed by atoms with Crippen LogP contribution in [0, 0.1) is 0 Å². The Hall–Kier alpha value is -4.28. The van der Waals surface area contributed by atoms with E-state index in [1.54, 1.807) is 12.7 Å². The maximum Gasteiger partial charge on any atom is 0.223 e. The lowest BCUT2D eigenvalue weighted by Crippen LogP contribution is -2.02. The van der Waals surface area contributed by atoms with Crippen LogP contribution in [0.3, 0.4) is 0 Å². The first-order valence-corrected chi connectivity index (χ1v) is 11.6. The summed E-state index contributed by atoms with van der Waals surface area (Å²) < 4.78 is 3.81. The van der Waals surface area contributed by atoms with Crippen LogP contribution in [0.25, 0.3) is 22.3 Å². The lowest BCUT2D eigenvalue weighted by Gasteiger charge is -2.05. The summed E-state index contributed by atoms with van der Waals surface area (Å²) in [6.45, 7) is 1.34. The van der Waals surface area contributed by atoms with Gasteiger partial charge in [0, 0.05) is 6.54 Å². The molecule has 12 heteroatoms. The molecule has 0 fully saturated rings. The minimum Gasteiger partial charge on any atom is -0.368 e. The molecule has 0 saturated heterocycles. The van der Waals surface area contributed by atoms with Crippen LogP contribution in [0.15, 0.2) is 73.3 Å². The van der Waals surface area contributed by atoms with Crippen molar-refractivity contribution in [1.82, 2.24) is 39.0 Å². The molecule has 0 atom stereocenters. The Bertz CT molecular complexity index is 1630. The van der Waals surface area contributed by atoms with Crippen molar-refractivity contribution in [1.29, 1.82) is 0 Å². The van der Waals surface area contributed by atoms with Crippen LogP contribution in [0.5, 0.6) is 0 Å². The molecule has 0 bridgehead atoms. The molecule has 4 heterocycles. The molecule has 6 rings (SSSR count). The second-order valence-corrected chi connectivity index (χ2v) is 8.52. The summed E-state index contributed by atoms with van der Waals surface area (Å²) in [5.74, 6) is 0.291. The van der Waals surface area contributed by atoms with E-state index in [-0.39, 0.29) is 17.0 Å². The fraction of sp³-hybridized carbons (Fsp3) is 0.0833. The number of imidazole rings is 2. The molecule has 10 nitrogen and oxygen atoms in total. The zero-order chi connectivity index (χ0) is 25.1. The first-order valence-electron chi connectivity index (χ1n) is 10.8. The quantitative estimate of drug-likeness (QED) is 0.330. The standard InChI is InChI=1S/2C12H10ClN5/c13-10-9-11(17-12(14)16-10)15-7-18(9)6-8-4-2-1-3-5-8;13-10-9-11(17-12(14)16-10)18(7-15-9)6-8-4-2-1-3-5-8/h2*1-5,7H,6H2,(H2,14,16,17). The van der Waals surface area contributed by atoms with Gasteiger partial charge in [0.25, 0.3) is 0 Å². The van der Waals surface area contributed by atoms with E-state index >= 15 is 0 Å². The van der Waals surface area contributed by atoms with Crippen molar-refractivity contribution in [2.75, 3.05) is 11.5 Å². The van der Waals surface area contributed by atoms with E-state index in [4.69, 9.17) is 34.7 Å². The Morgan fingerprint density at radius 3 is 1.86 bits per heavy atom. The summed E-state index contributed by atoms with van der Waals surface area (Å²) in [6, 6.07) is 20.1. The lowest BCUT2D eigenvalue weighted by molar-refractivity contribution is 0.814. The molecule has 6 aromatic rings. The van der Waals surface area contributed by atoms with Gasteiger partial charge in [0.1, 0.15) is 11.0 Å². The molecular formula is C24H20Cl2N10. The van der Waals surface area contributed by atoms with Crippen LogP contribution in [0.1, 0.15) is 11.1 Å². The topological polar surface area (TPSA) is 139 Å². The van der Waals surface area contributed by atoms with E-state index in [1.165, 1.54) is 0 Å². The first kappa shape index (κ1) is 23.5. The van der Waals surface area contributed by atoms with E-state index in [9.17, 15) is 0 Å². The van der Waals surface area contributed by atoms with Gasteiger partial charge < -0.3 is 20.6 Å². The summed E-state index contributed by atoms with van der Waals surface area (Å²) in [5.41, 5.74) is 15.9. The number of nitrogens with two attached hydrogens (primary N) is 2. The molecule has 4 N–H and O–H groups in total. The van der Waals surface area contributed by atoms with Crippen molar-refractivity contribution < 1.29 is 0 Å². The number of aromatic nitrogens is 8. The molecule has 2 aromatic carbocycles. The van der Waals surface area contributed by atoms with Gasteiger partial charge in [-0.25, -0.2) is 9.97 Å². The van der Waals surface area contributed by atoms with Crippen LogP contribution in [0.4, 0.5) is 11.9 Å². The number of nitrogen functional groups attached to an aromatic ring is 2. The average molecular weight is 519 g/mol. The monoisotopic (exact) mass is 518 g/mol. The van der Waals surface area contributed by atoms with Crippen molar-refractivity contribution in [3.05, 3.63) is 94.8 Å². The zero-order valence-electron chi connectivity index (χ0n) is 18.8. The summed E-state index contributed by atoms with van der Waals surface area (Å²) >= 11 is 12.1.